The lowest BCUT2D eigenvalue weighted by atomic mass is 9.64. The Labute approximate surface area is 169 Å². The number of nitrogens with zero attached hydrogens (tertiary/aromatic N) is 3. The van der Waals surface area contributed by atoms with E-state index in [1.165, 1.54) is 51.6 Å². The highest BCUT2D eigenvalue weighted by Gasteiger charge is 2.51. The normalized spacial score (nSPS) is 34.1. The third-order valence-corrected chi connectivity index (χ3v) is 7.86. The van der Waals surface area contributed by atoms with E-state index in [1.807, 2.05) is 18.7 Å². The molecule has 6 heteroatoms. The molecule has 1 atom stereocenters. The molecular weight excluding hydrogens is 354 g/mol. The molecule has 3 aliphatic heterocycles. The van der Waals surface area contributed by atoms with Gasteiger partial charge in [0.25, 0.3) is 0 Å². The molecule has 6 nitrogen and oxygen atoms in total. The minimum atomic E-state index is -0.133. The number of ether oxygens (including phenoxy) is 1. The van der Waals surface area contributed by atoms with Gasteiger partial charge in [0.05, 0.1) is 6.61 Å². The molecule has 4 rings (SSSR count). The second-order valence-electron chi connectivity index (χ2n) is 9.46. The fourth-order valence-electron chi connectivity index (χ4n) is 6.30. The first-order valence-electron chi connectivity index (χ1n) is 11.5. The molecule has 0 aromatic heterocycles. The summed E-state index contributed by atoms with van der Waals surface area (Å²) in [5.74, 6) is 1.03. The van der Waals surface area contributed by atoms with Crippen molar-refractivity contribution < 1.29 is 14.3 Å². The SMILES string of the molecule is CCOC(=O)N1CCC2(CC(N3CCC(C4CCCN4C(=O)CC)CC3)C2)C1. The highest BCUT2D eigenvalue weighted by atomic mass is 16.6. The summed E-state index contributed by atoms with van der Waals surface area (Å²) in [5.41, 5.74) is 0.351. The minimum Gasteiger partial charge on any atom is -0.450 e. The lowest BCUT2D eigenvalue weighted by molar-refractivity contribution is -0.133. The van der Waals surface area contributed by atoms with Crippen LogP contribution in [0.4, 0.5) is 4.79 Å². The number of likely N-dealkylation sites (tertiary alicyclic amines) is 3. The summed E-state index contributed by atoms with van der Waals surface area (Å²) in [4.78, 5) is 31.0. The number of amides is 2. The first-order chi connectivity index (χ1) is 13.5. The maximum Gasteiger partial charge on any atom is 0.409 e. The van der Waals surface area contributed by atoms with Crippen molar-refractivity contribution in [2.45, 2.75) is 77.3 Å². The van der Waals surface area contributed by atoms with E-state index < -0.39 is 0 Å². The highest BCUT2D eigenvalue weighted by Crippen LogP contribution is 2.51. The number of carbonyl (C=O) groups is 2. The fourth-order valence-corrected chi connectivity index (χ4v) is 6.30. The minimum absolute atomic E-state index is 0.133. The first kappa shape index (κ1) is 20.0. The van der Waals surface area contributed by atoms with Crippen LogP contribution in [0.1, 0.15) is 65.2 Å². The summed E-state index contributed by atoms with van der Waals surface area (Å²) < 4.78 is 5.17. The Morgan fingerprint density at radius 1 is 1.04 bits per heavy atom. The summed E-state index contributed by atoms with van der Waals surface area (Å²) in [6.45, 7) is 9.39. The predicted octanol–water partition coefficient (Wildman–Crippen LogP) is 3.11. The summed E-state index contributed by atoms with van der Waals surface area (Å²) in [7, 11) is 0. The van der Waals surface area contributed by atoms with Gasteiger partial charge in [-0.15, -0.1) is 0 Å². The Bertz CT molecular complexity index is 582. The molecule has 1 aliphatic carbocycles. The van der Waals surface area contributed by atoms with Crippen LogP contribution in [-0.2, 0) is 9.53 Å². The highest BCUT2D eigenvalue weighted by molar-refractivity contribution is 5.76. The monoisotopic (exact) mass is 391 g/mol. The van der Waals surface area contributed by atoms with E-state index in [9.17, 15) is 9.59 Å². The van der Waals surface area contributed by atoms with Gasteiger partial charge in [-0.3, -0.25) is 4.79 Å². The molecule has 1 unspecified atom stereocenters. The van der Waals surface area contributed by atoms with Gasteiger partial charge < -0.3 is 19.4 Å². The molecular formula is C22H37N3O3. The van der Waals surface area contributed by atoms with E-state index in [1.54, 1.807) is 0 Å². The van der Waals surface area contributed by atoms with E-state index in [0.29, 0.717) is 42.4 Å². The van der Waals surface area contributed by atoms with Crippen molar-refractivity contribution in [3.8, 4) is 0 Å². The van der Waals surface area contributed by atoms with Crippen LogP contribution in [0.5, 0.6) is 0 Å². The average molecular weight is 392 g/mol. The molecule has 158 valence electrons. The molecule has 4 fully saturated rings. The lowest BCUT2D eigenvalue weighted by Gasteiger charge is -2.52. The predicted molar refractivity (Wildman–Crippen MR) is 108 cm³/mol. The van der Waals surface area contributed by atoms with Crippen molar-refractivity contribution in [1.29, 1.82) is 0 Å². The van der Waals surface area contributed by atoms with Gasteiger partial charge in [-0.1, -0.05) is 6.92 Å². The van der Waals surface area contributed by atoms with Crippen molar-refractivity contribution in [2.75, 3.05) is 39.3 Å². The summed E-state index contributed by atoms with van der Waals surface area (Å²) in [6.07, 6.45) is 8.96. The van der Waals surface area contributed by atoms with Crippen LogP contribution in [0.3, 0.4) is 0 Å². The van der Waals surface area contributed by atoms with Crippen molar-refractivity contribution >= 4 is 12.0 Å². The van der Waals surface area contributed by atoms with Crippen molar-refractivity contribution in [3.63, 3.8) is 0 Å². The quantitative estimate of drug-likeness (QED) is 0.739. The van der Waals surface area contributed by atoms with E-state index >= 15 is 0 Å². The van der Waals surface area contributed by atoms with E-state index in [2.05, 4.69) is 9.80 Å². The van der Waals surface area contributed by atoms with Gasteiger partial charge in [-0.05, 0) is 76.3 Å². The van der Waals surface area contributed by atoms with Gasteiger partial charge in [0.15, 0.2) is 0 Å². The third kappa shape index (κ3) is 3.77. The maximum atomic E-state index is 12.2. The van der Waals surface area contributed by atoms with Crippen LogP contribution in [0.25, 0.3) is 0 Å². The third-order valence-electron chi connectivity index (χ3n) is 7.86. The lowest BCUT2D eigenvalue weighted by Crippen LogP contribution is -2.55. The Kier molecular flexibility index (Phi) is 5.86. The fraction of sp³-hybridized carbons (Fsp3) is 0.909. The van der Waals surface area contributed by atoms with Crippen molar-refractivity contribution in [1.82, 2.24) is 14.7 Å². The molecule has 0 N–H and O–H groups in total. The van der Waals surface area contributed by atoms with E-state index in [0.717, 1.165) is 26.1 Å². The zero-order chi connectivity index (χ0) is 19.7. The molecule has 0 aromatic rings. The first-order valence-corrected chi connectivity index (χ1v) is 11.5. The molecule has 3 saturated heterocycles. The molecule has 0 bridgehead atoms. The number of hydrogen-bond donors (Lipinski definition) is 0. The summed E-state index contributed by atoms with van der Waals surface area (Å²) in [5, 5.41) is 0. The van der Waals surface area contributed by atoms with Crippen LogP contribution in [-0.4, -0.2) is 78.1 Å². The molecule has 4 aliphatic rings. The van der Waals surface area contributed by atoms with Crippen LogP contribution in [0.15, 0.2) is 0 Å². The Hall–Kier alpha value is -1.30. The van der Waals surface area contributed by atoms with Gasteiger partial charge in [-0.2, -0.15) is 0 Å². The zero-order valence-corrected chi connectivity index (χ0v) is 17.7. The topological polar surface area (TPSA) is 53.1 Å². The summed E-state index contributed by atoms with van der Waals surface area (Å²) >= 11 is 0. The molecule has 0 aromatic carbocycles. The van der Waals surface area contributed by atoms with Crippen molar-refractivity contribution in [2.24, 2.45) is 11.3 Å². The zero-order valence-electron chi connectivity index (χ0n) is 17.7. The van der Waals surface area contributed by atoms with Gasteiger partial charge in [-0.25, -0.2) is 4.79 Å². The smallest absolute Gasteiger partial charge is 0.409 e. The Morgan fingerprint density at radius 3 is 2.46 bits per heavy atom. The number of carbonyl (C=O) groups excluding carboxylic acids is 2. The second kappa shape index (κ2) is 8.21. The molecule has 1 spiro atoms. The molecule has 3 heterocycles. The molecule has 1 saturated carbocycles. The summed E-state index contributed by atoms with van der Waals surface area (Å²) in [6, 6.07) is 1.19. The van der Waals surface area contributed by atoms with Gasteiger partial charge in [0.2, 0.25) is 5.91 Å². The molecule has 0 radical (unpaired) electrons. The largest absolute Gasteiger partial charge is 0.450 e. The van der Waals surface area contributed by atoms with E-state index in [4.69, 9.17) is 4.74 Å². The number of rotatable bonds is 4. The molecule has 28 heavy (non-hydrogen) atoms. The van der Waals surface area contributed by atoms with Crippen molar-refractivity contribution in [3.05, 3.63) is 0 Å². The standard InChI is InChI=1S/C22H37N3O3/c1-3-20(26)25-10-5-6-19(25)17-7-11-23(12-8-17)18-14-22(15-18)9-13-24(16-22)21(27)28-4-2/h17-19H,3-16H2,1-2H3. The second-order valence-corrected chi connectivity index (χ2v) is 9.46. The number of piperidine rings is 1. The van der Waals surface area contributed by atoms with Gasteiger partial charge in [0, 0.05) is 38.1 Å². The van der Waals surface area contributed by atoms with Crippen LogP contribution in [0, 0.1) is 11.3 Å². The Morgan fingerprint density at radius 2 is 1.79 bits per heavy atom. The molecule has 2 amide bonds. The van der Waals surface area contributed by atoms with Crippen LogP contribution >= 0.6 is 0 Å². The van der Waals surface area contributed by atoms with Crippen LogP contribution < -0.4 is 0 Å². The van der Waals surface area contributed by atoms with E-state index in [-0.39, 0.29) is 6.09 Å². The van der Waals surface area contributed by atoms with Crippen LogP contribution in [0.2, 0.25) is 0 Å². The van der Waals surface area contributed by atoms with Gasteiger partial charge >= 0.3 is 6.09 Å². The number of hydrogen-bond acceptors (Lipinski definition) is 4. The van der Waals surface area contributed by atoms with Gasteiger partial charge in [0.1, 0.15) is 0 Å². The Balaban J connectivity index is 1.23. The average Bonchev–Trinajstić information content (AvgIpc) is 3.34. The maximum absolute atomic E-state index is 12.2.